The van der Waals surface area contributed by atoms with Gasteiger partial charge in [0, 0.05) is 25.7 Å². The van der Waals surface area contributed by atoms with E-state index in [9.17, 15) is 23.6 Å². The maximum atomic E-state index is 12.3. The summed E-state index contributed by atoms with van der Waals surface area (Å²) in [6.45, 7) is 2.49. The molecule has 10 heteroatoms. The average molecular weight is 321 g/mol. The molecule has 1 aromatic heterocycles. The molecule has 1 unspecified atom stereocenters. The lowest BCUT2D eigenvalue weighted by Crippen LogP contribution is -2.29. The van der Waals surface area contributed by atoms with Gasteiger partial charge in [-0.15, -0.1) is 0 Å². The van der Waals surface area contributed by atoms with Gasteiger partial charge in [0.05, 0.1) is 11.0 Å². The average Bonchev–Trinajstić information content (AvgIpc) is 2.96. The summed E-state index contributed by atoms with van der Waals surface area (Å²) in [7, 11) is -3.78. The topological polar surface area (TPSA) is 113 Å². The van der Waals surface area contributed by atoms with Crippen molar-refractivity contribution in [1.29, 1.82) is 0 Å². The second-order valence-corrected chi connectivity index (χ2v) is 7.59. The lowest BCUT2D eigenvalue weighted by Gasteiger charge is -2.13. The molecule has 2 rings (SSSR count). The van der Waals surface area contributed by atoms with E-state index in [0.29, 0.717) is 13.0 Å². The van der Waals surface area contributed by atoms with Crippen molar-refractivity contribution in [3.05, 3.63) is 16.2 Å². The zero-order valence-electron chi connectivity index (χ0n) is 10.8. The van der Waals surface area contributed by atoms with Gasteiger partial charge in [0.15, 0.2) is 5.00 Å². The van der Waals surface area contributed by atoms with Gasteiger partial charge < -0.3 is 10.4 Å². The molecule has 1 aromatic rings. The monoisotopic (exact) mass is 321 g/mol. The molecule has 0 aliphatic carbocycles. The number of hydrogen-bond donors (Lipinski definition) is 2. The number of rotatable bonds is 5. The number of aliphatic hydroxyl groups is 1. The Bertz CT molecular complexity index is 612. The highest BCUT2D eigenvalue weighted by molar-refractivity contribution is 7.91. The number of hydrogen-bond acceptors (Lipinski definition) is 7. The molecule has 2 heterocycles. The van der Waals surface area contributed by atoms with Gasteiger partial charge in [0.1, 0.15) is 4.21 Å². The largest absolute Gasteiger partial charge is 0.392 e. The van der Waals surface area contributed by atoms with Gasteiger partial charge in [-0.25, -0.2) is 8.42 Å². The first-order chi connectivity index (χ1) is 9.36. The van der Waals surface area contributed by atoms with E-state index >= 15 is 0 Å². The summed E-state index contributed by atoms with van der Waals surface area (Å²) in [5.41, 5.74) is -0.241. The minimum atomic E-state index is -3.78. The van der Waals surface area contributed by atoms with Crippen LogP contribution >= 0.6 is 11.3 Å². The van der Waals surface area contributed by atoms with Crippen LogP contribution in [0.4, 0.5) is 10.7 Å². The number of anilines is 1. The van der Waals surface area contributed by atoms with E-state index < -0.39 is 21.1 Å². The van der Waals surface area contributed by atoms with Gasteiger partial charge in [-0.1, -0.05) is 11.3 Å². The molecule has 0 amide bonds. The summed E-state index contributed by atoms with van der Waals surface area (Å²) in [6.07, 6.45) is -0.291. The van der Waals surface area contributed by atoms with Crippen molar-refractivity contribution in [3.63, 3.8) is 0 Å². The third-order valence-electron chi connectivity index (χ3n) is 2.94. The van der Waals surface area contributed by atoms with Crippen LogP contribution in [0.2, 0.25) is 0 Å². The molecule has 1 fully saturated rings. The number of aliphatic hydroxyl groups excluding tert-OH is 1. The van der Waals surface area contributed by atoms with Crippen LogP contribution < -0.4 is 5.32 Å². The standard InChI is InChI=1S/C10H15N3O5S2/c1-2-11-10-8(13(15)16)5-9(19-10)20(17,18)12-4-3-7(14)6-12/h5,7,11,14H,2-4,6H2,1H3. The number of thiophene rings is 1. The van der Waals surface area contributed by atoms with Crippen molar-refractivity contribution < 1.29 is 18.4 Å². The number of nitro groups is 1. The summed E-state index contributed by atoms with van der Waals surface area (Å²) in [4.78, 5) is 10.3. The van der Waals surface area contributed by atoms with E-state index in [1.165, 1.54) is 0 Å². The molecule has 0 spiro atoms. The fourth-order valence-corrected chi connectivity index (χ4v) is 5.01. The summed E-state index contributed by atoms with van der Waals surface area (Å²) < 4.78 is 25.8. The highest BCUT2D eigenvalue weighted by Crippen LogP contribution is 2.38. The molecule has 0 radical (unpaired) electrons. The Morgan fingerprint density at radius 2 is 2.35 bits per heavy atom. The Morgan fingerprint density at radius 1 is 1.65 bits per heavy atom. The quantitative estimate of drug-likeness (QED) is 0.614. The fourth-order valence-electron chi connectivity index (χ4n) is 1.97. The van der Waals surface area contributed by atoms with Gasteiger partial charge >= 0.3 is 5.69 Å². The third-order valence-corrected chi connectivity index (χ3v) is 6.34. The lowest BCUT2D eigenvalue weighted by molar-refractivity contribution is -0.383. The van der Waals surface area contributed by atoms with Crippen LogP contribution in [-0.4, -0.2) is 48.5 Å². The normalized spacial score (nSPS) is 20.2. The minimum Gasteiger partial charge on any atom is -0.392 e. The Balaban J connectivity index is 2.37. The van der Waals surface area contributed by atoms with E-state index in [4.69, 9.17) is 0 Å². The summed E-state index contributed by atoms with van der Waals surface area (Å²) in [6, 6.07) is 1.07. The molecule has 0 bridgehead atoms. The third kappa shape index (κ3) is 2.77. The van der Waals surface area contributed by atoms with E-state index in [1.54, 1.807) is 6.92 Å². The van der Waals surface area contributed by atoms with E-state index in [2.05, 4.69) is 5.32 Å². The van der Waals surface area contributed by atoms with Crippen molar-refractivity contribution >= 4 is 32.0 Å². The number of nitrogens with zero attached hydrogens (tertiary/aromatic N) is 2. The van der Waals surface area contributed by atoms with Crippen molar-refractivity contribution in [1.82, 2.24) is 4.31 Å². The second kappa shape index (κ2) is 5.64. The predicted octanol–water partition coefficient (Wildman–Crippen LogP) is 0.843. The minimum absolute atomic E-state index is 0.0323. The molecule has 1 aliphatic rings. The molecule has 0 aromatic carbocycles. The van der Waals surface area contributed by atoms with E-state index in [-0.39, 0.29) is 28.0 Å². The fraction of sp³-hybridized carbons (Fsp3) is 0.600. The van der Waals surface area contributed by atoms with Crippen LogP contribution in [0, 0.1) is 10.1 Å². The first-order valence-corrected chi connectivity index (χ1v) is 8.32. The van der Waals surface area contributed by atoms with Crippen LogP contribution in [-0.2, 0) is 10.0 Å². The lowest BCUT2D eigenvalue weighted by atomic mass is 10.3. The van der Waals surface area contributed by atoms with Gasteiger partial charge in [0.2, 0.25) is 0 Å². The molecule has 1 atom stereocenters. The molecule has 8 nitrogen and oxygen atoms in total. The Kier molecular flexibility index (Phi) is 4.28. The second-order valence-electron chi connectivity index (χ2n) is 4.37. The summed E-state index contributed by atoms with van der Waals surface area (Å²) >= 11 is 0.843. The highest BCUT2D eigenvalue weighted by Gasteiger charge is 2.35. The van der Waals surface area contributed by atoms with E-state index in [1.807, 2.05) is 0 Å². The molecule has 2 N–H and O–H groups in total. The van der Waals surface area contributed by atoms with Gasteiger partial charge in [-0.3, -0.25) is 10.1 Å². The first kappa shape index (κ1) is 15.2. The SMILES string of the molecule is CCNc1sc(S(=O)(=O)N2CCC(O)C2)cc1[N+](=O)[O-]. The number of nitrogens with one attached hydrogen (secondary N) is 1. The Hall–Kier alpha value is -1.23. The predicted molar refractivity (Wildman–Crippen MR) is 74.5 cm³/mol. The molecular formula is C10H15N3O5S2. The maximum absolute atomic E-state index is 12.3. The Morgan fingerprint density at radius 3 is 2.85 bits per heavy atom. The highest BCUT2D eigenvalue weighted by atomic mass is 32.2. The first-order valence-electron chi connectivity index (χ1n) is 6.06. The molecule has 1 saturated heterocycles. The molecule has 20 heavy (non-hydrogen) atoms. The molecule has 112 valence electrons. The smallest absolute Gasteiger partial charge is 0.304 e. The van der Waals surface area contributed by atoms with Crippen LogP contribution in [0.3, 0.4) is 0 Å². The van der Waals surface area contributed by atoms with Crippen molar-refractivity contribution in [2.45, 2.75) is 23.7 Å². The zero-order chi connectivity index (χ0) is 14.9. The van der Waals surface area contributed by atoms with Gasteiger partial charge in [-0.05, 0) is 13.3 Å². The molecule has 0 saturated carbocycles. The zero-order valence-corrected chi connectivity index (χ0v) is 12.4. The van der Waals surface area contributed by atoms with Crippen LogP contribution in [0.15, 0.2) is 10.3 Å². The van der Waals surface area contributed by atoms with Gasteiger partial charge in [-0.2, -0.15) is 4.31 Å². The Labute approximate surface area is 120 Å². The number of sulfonamides is 1. The summed E-state index contributed by atoms with van der Waals surface area (Å²) in [5.74, 6) is 0. The van der Waals surface area contributed by atoms with Crippen molar-refractivity contribution in [2.24, 2.45) is 0 Å². The van der Waals surface area contributed by atoms with E-state index in [0.717, 1.165) is 21.7 Å². The molecular weight excluding hydrogens is 306 g/mol. The maximum Gasteiger partial charge on any atom is 0.304 e. The molecule has 1 aliphatic heterocycles. The summed E-state index contributed by atoms with van der Waals surface area (Å²) in [5, 5.41) is 23.4. The van der Waals surface area contributed by atoms with Crippen LogP contribution in [0.5, 0.6) is 0 Å². The van der Waals surface area contributed by atoms with Gasteiger partial charge in [0.25, 0.3) is 10.0 Å². The van der Waals surface area contributed by atoms with Crippen LogP contribution in [0.1, 0.15) is 13.3 Å². The van der Waals surface area contributed by atoms with Crippen molar-refractivity contribution in [3.8, 4) is 0 Å². The van der Waals surface area contributed by atoms with Crippen LogP contribution in [0.25, 0.3) is 0 Å². The number of β-amino-alcohol motifs (C(OH)–C–C–N with tert-alkyl or cyclic N) is 1. The van der Waals surface area contributed by atoms with Crippen molar-refractivity contribution in [2.75, 3.05) is 25.0 Å².